The summed E-state index contributed by atoms with van der Waals surface area (Å²) >= 11 is 1.73. The van der Waals surface area contributed by atoms with E-state index < -0.39 is 5.54 Å². The standard InChI is InChI=1S/C19H32N6O2S/c1-6-19(5)16(26)25(18(27)24-19)12-8-10-21-17(20-7-2)22-11-9-15-23-13(3)14(4)28-15/h6-12H2,1-5H3,(H,24,27)(H2,20,21,22). The Morgan fingerprint density at radius 2 is 2.04 bits per heavy atom. The van der Waals surface area contributed by atoms with Gasteiger partial charge in [-0.05, 0) is 40.5 Å². The minimum atomic E-state index is -0.774. The smallest absolute Gasteiger partial charge is 0.325 e. The van der Waals surface area contributed by atoms with E-state index in [0.29, 0.717) is 25.9 Å². The molecule has 2 heterocycles. The minimum absolute atomic E-state index is 0.150. The van der Waals surface area contributed by atoms with E-state index in [1.54, 1.807) is 18.3 Å². The number of rotatable bonds is 9. The highest BCUT2D eigenvalue weighted by Crippen LogP contribution is 2.20. The second-order valence-corrected chi connectivity index (χ2v) is 8.40. The van der Waals surface area contributed by atoms with Crippen LogP contribution in [0, 0.1) is 13.8 Å². The van der Waals surface area contributed by atoms with Crippen molar-refractivity contribution in [2.75, 3.05) is 26.2 Å². The van der Waals surface area contributed by atoms with Gasteiger partial charge in [-0.25, -0.2) is 9.78 Å². The maximum absolute atomic E-state index is 12.4. The molecule has 1 aromatic heterocycles. The van der Waals surface area contributed by atoms with E-state index in [2.05, 4.69) is 32.9 Å². The van der Waals surface area contributed by atoms with Crippen molar-refractivity contribution in [2.24, 2.45) is 4.99 Å². The van der Waals surface area contributed by atoms with Crippen LogP contribution in [0.2, 0.25) is 0 Å². The van der Waals surface area contributed by atoms with E-state index in [0.717, 1.165) is 36.2 Å². The molecular formula is C19H32N6O2S. The number of hydrogen-bond donors (Lipinski definition) is 3. The first kappa shape index (κ1) is 22.1. The van der Waals surface area contributed by atoms with Crippen LogP contribution in [0.1, 0.15) is 49.2 Å². The van der Waals surface area contributed by atoms with E-state index >= 15 is 0 Å². The predicted molar refractivity (Wildman–Crippen MR) is 113 cm³/mol. The Kier molecular flexibility index (Phi) is 7.79. The van der Waals surface area contributed by atoms with Gasteiger partial charge >= 0.3 is 6.03 Å². The summed E-state index contributed by atoms with van der Waals surface area (Å²) in [6, 6.07) is -0.308. The van der Waals surface area contributed by atoms with Gasteiger partial charge in [-0.1, -0.05) is 6.92 Å². The summed E-state index contributed by atoms with van der Waals surface area (Å²) in [6.45, 7) is 12.2. The molecule has 3 N–H and O–H groups in total. The van der Waals surface area contributed by atoms with E-state index in [-0.39, 0.29) is 11.9 Å². The van der Waals surface area contributed by atoms with E-state index in [9.17, 15) is 9.59 Å². The largest absolute Gasteiger partial charge is 0.357 e. The molecule has 9 heteroatoms. The first-order valence-electron chi connectivity index (χ1n) is 9.90. The third-order valence-electron chi connectivity index (χ3n) is 4.91. The minimum Gasteiger partial charge on any atom is -0.357 e. The molecule has 28 heavy (non-hydrogen) atoms. The number of guanidine groups is 1. The lowest BCUT2D eigenvalue weighted by Crippen LogP contribution is -2.43. The molecule has 8 nitrogen and oxygen atoms in total. The number of aryl methyl sites for hydroxylation is 2. The van der Waals surface area contributed by atoms with Crippen molar-refractivity contribution >= 4 is 29.2 Å². The third-order valence-corrected chi connectivity index (χ3v) is 6.04. The molecule has 1 saturated heterocycles. The van der Waals surface area contributed by atoms with Crippen LogP contribution in [0.15, 0.2) is 4.99 Å². The first-order chi connectivity index (χ1) is 13.3. The number of nitrogens with one attached hydrogen (secondary N) is 3. The zero-order chi connectivity index (χ0) is 20.7. The third kappa shape index (κ3) is 5.43. The average molecular weight is 409 g/mol. The van der Waals surface area contributed by atoms with Crippen molar-refractivity contribution < 1.29 is 9.59 Å². The molecule has 0 aliphatic carbocycles. The lowest BCUT2D eigenvalue weighted by atomic mass is 9.99. The number of nitrogens with zero attached hydrogens (tertiary/aromatic N) is 3. The van der Waals surface area contributed by atoms with Crippen LogP contribution in [0.3, 0.4) is 0 Å². The molecule has 0 radical (unpaired) electrons. The summed E-state index contributed by atoms with van der Waals surface area (Å²) < 4.78 is 0. The summed E-state index contributed by atoms with van der Waals surface area (Å²) in [7, 11) is 0. The zero-order valence-electron chi connectivity index (χ0n) is 17.5. The number of hydrogen-bond acceptors (Lipinski definition) is 5. The van der Waals surface area contributed by atoms with E-state index in [1.807, 2.05) is 20.8 Å². The fourth-order valence-corrected chi connectivity index (χ4v) is 3.82. The molecule has 0 aromatic carbocycles. The molecule has 156 valence electrons. The van der Waals surface area contributed by atoms with Gasteiger partial charge in [0, 0.05) is 37.5 Å². The van der Waals surface area contributed by atoms with Crippen LogP contribution in [0.4, 0.5) is 4.79 Å². The Hall–Kier alpha value is -2.16. The van der Waals surface area contributed by atoms with Gasteiger partial charge in [-0.15, -0.1) is 11.3 Å². The van der Waals surface area contributed by atoms with Gasteiger partial charge in [0.2, 0.25) is 0 Å². The van der Waals surface area contributed by atoms with Gasteiger partial charge in [0.05, 0.1) is 10.7 Å². The SMILES string of the molecule is CCNC(=NCCCN1C(=O)NC(C)(CC)C1=O)NCCc1nc(C)c(C)s1. The Bertz CT molecular complexity index is 713. The zero-order valence-corrected chi connectivity index (χ0v) is 18.3. The number of amides is 3. The van der Waals surface area contributed by atoms with Crippen molar-refractivity contribution in [3.63, 3.8) is 0 Å². The Labute approximate surface area is 171 Å². The summed E-state index contributed by atoms with van der Waals surface area (Å²) in [6.07, 6.45) is 2.06. The summed E-state index contributed by atoms with van der Waals surface area (Å²) in [5, 5.41) is 10.4. The molecule has 0 saturated carbocycles. The van der Waals surface area contributed by atoms with Gasteiger partial charge in [-0.3, -0.25) is 14.7 Å². The van der Waals surface area contributed by atoms with Gasteiger partial charge in [-0.2, -0.15) is 0 Å². The van der Waals surface area contributed by atoms with Crippen molar-refractivity contribution in [3.8, 4) is 0 Å². The number of thiazole rings is 1. The summed E-state index contributed by atoms with van der Waals surface area (Å²) in [5.74, 6) is 0.589. The van der Waals surface area contributed by atoms with Crippen LogP contribution >= 0.6 is 11.3 Å². The topological polar surface area (TPSA) is 98.7 Å². The van der Waals surface area contributed by atoms with Crippen molar-refractivity contribution in [1.29, 1.82) is 0 Å². The van der Waals surface area contributed by atoms with Crippen LogP contribution in [-0.4, -0.2) is 59.5 Å². The number of aliphatic imine (C=N–C) groups is 1. The average Bonchev–Trinajstić information content (AvgIpc) is 3.08. The molecule has 1 fully saturated rings. The second kappa shape index (κ2) is 9.86. The Morgan fingerprint density at radius 3 is 2.61 bits per heavy atom. The molecule has 0 bridgehead atoms. The molecule has 1 unspecified atom stereocenters. The quantitative estimate of drug-likeness (QED) is 0.251. The predicted octanol–water partition coefficient (Wildman–Crippen LogP) is 1.97. The van der Waals surface area contributed by atoms with Gasteiger partial charge in [0.25, 0.3) is 5.91 Å². The monoisotopic (exact) mass is 408 g/mol. The first-order valence-corrected chi connectivity index (χ1v) is 10.7. The molecule has 1 aliphatic rings. The summed E-state index contributed by atoms with van der Waals surface area (Å²) in [4.78, 5) is 36.0. The summed E-state index contributed by atoms with van der Waals surface area (Å²) in [5.41, 5.74) is 0.323. The molecule has 1 aliphatic heterocycles. The Balaban J connectivity index is 1.79. The number of aromatic nitrogens is 1. The number of carbonyl (C=O) groups excluding carboxylic acids is 2. The highest BCUT2D eigenvalue weighted by atomic mass is 32.1. The van der Waals surface area contributed by atoms with E-state index in [4.69, 9.17) is 0 Å². The van der Waals surface area contributed by atoms with Crippen molar-refractivity contribution in [2.45, 2.75) is 59.4 Å². The fraction of sp³-hybridized carbons (Fsp3) is 0.684. The number of urea groups is 1. The fourth-order valence-electron chi connectivity index (χ4n) is 2.89. The lowest BCUT2D eigenvalue weighted by Gasteiger charge is -2.19. The van der Waals surface area contributed by atoms with Crippen molar-refractivity contribution in [1.82, 2.24) is 25.8 Å². The molecule has 3 amide bonds. The van der Waals surface area contributed by atoms with Crippen LogP contribution in [-0.2, 0) is 11.2 Å². The molecule has 1 aromatic rings. The lowest BCUT2D eigenvalue weighted by molar-refractivity contribution is -0.130. The molecular weight excluding hydrogens is 376 g/mol. The molecule has 0 spiro atoms. The van der Waals surface area contributed by atoms with Gasteiger partial charge in [0.15, 0.2) is 5.96 Å². The van der Waals surface area contributed by atoms with Crippen LogP contribution in [0.25, 0.3) is 0 Å². The van der Waals surface area contributed by atoms with Crippen LogP contribution in [0.5, 0.6) is 0 Å². The van der Waals surface area contributed by atoms with E-state index in [1.165, 1.54) is 9.78 Å². The van der Waals surface area contributed by atoms with Gasteiger partial charge < -0.3 is 16.0 Å². The molecule has 1 atom stereocenters. The molecule has 2 rings (SSSR count). The number of imide groups is 1. The highest BCUT2D eigenvalue weighted by Gasteiger charge is 2.45. The second-order valence-electron chi connectivity index (χ2n) is 7.11. The maximum atomic E-state index is 12.4. The van der Waals surface area contributed by atoms with Crippen molar-refractivity contribution in [3.05, 3.63) is 15.6 Å². The highest BCUT2D eigenvalue weighted by molar-refractivity contribution is 7.11. The van der Waals surface area contributed by atoms with Gasteiger partial charge in [0.1, 0.15) is 5.54 Å². The normalized spacial score (nSPS) is 19.9. The Morgan fingerprint density at radius 1 is 1.29 bits per heavy atom. The number of carbonyl (C=O) groups is 2. The maximum Gasteiger partial charge on any atom is 0.325 e. The van der Waals surface area contributed by atoms with Crippen LogP contribution < -0.4 is 16.0 Å².